The van der Waals surface area contributed by atoms with E-state index in [0.29, 0.717) is 12.8 Å². The van der Waals surface area contributed by atoms with Crippen LogP contribution in [0.3, 0.4) is 0 Å². The largest absolute Gasteiger partial charge is 0.478 e. The summed E-state index contributed by atoms with van der Waals surface area (Å²) >= 11 is 0. The van der Waals surface area contributed by atoms with E-state index in [1.165, 1.54) is 12.3 Å². The molecule has 112 valence electrons. The SMILES string of the molecule is O=C(O)c1ccoc1CN1C(=O)NC2(CCCCC2)C1=O. The number of amides is 3. The van der Waals surface area contributed by atoms with Crippen LogP contribution in [-0.4, -0.2) is 33.5 Å². The van der Waals surface area contributed by atoms with Crippen LogP contribution < -0.4 is 5.32 Å². The van der Waals surface area contributed by atoms with Crippen LogP contribution in [0, 0.1) is 0 Å². The van der Waals surface area contributed by atoms with Gasteiger partial charge in [0.25, 0.3) is 5.91 Å². The number of aromatic carboxylic acids is 1. The summed E-state index contributed by atoms with van der Waals surface area (Å²) in [6.45, 7) is -0.152. The maximum Gasteiger partial charge on any atom is 0.339 e. The van der Waals surface area contributed by atoms with Gasteiger partial charge in [-0.25, -0.2) is 9.59 Å². The second-order valence-electron chi connectivity index (χ2n) is 5.53. The molecule has 7 heteroatoms. The van der Waals surface area contributed by atoms with E-state index in [1.807, 2.05) is 0 Å². The lowest BCUT2D eigenvalue weighted by atomic mass is 9.82. The van der Waals surface area contributed by atoms with Crippen LogP contribution in [-0.2, 0) is 11.3 Å². The minimum atomic E-state index is -1.14. The molecule has 1 saturated heterocycles. The number of carboxylic acid groups (broad SMARTS) is 1. The maximum atomic E-state index is 12.6. The Balaban J connectivity index is 1.82. The Morgan fingerprint density at radius 2 is 2.05 bits per heavy atom. The normalized spacial score (nSPS) is 20.9. The zero-order valence-corrected chi connectivity index (χ0v) is 11.4. The van der Waals surface area contributed by atoms with E-state index < -0.39 is 17.5 Å². The van der Waals surface area contributed by atoms with Crippen molar-refractivity contribution in [1.82, 2.24) is 10.2 Å². The third-order valence-electron chi connectivity index (χ3n) is 4.23. The Labute approximate surface area is 120 Å². The Bertz CT molecular complexity index is 600. The van der Waals surface area contributed by atoms with Gasteiger partial charge in [0.2, 0.25) is 0 Å². The molecular formula is C14H16N2O5. The summed E-state index contributed by atoms with van der Waals surface area (Å²) in [7, 11) is 0. The average Bonchev–Trinajstić information content (AvgIpc) is 3.00. The summed E-state index contributed by atoms with van der Waals surface area (Å²) in [5, 5.41) is 11.8. The molecule has 2 fully saturated rings. The first-order chi connectivity index (χ1) is 10.0. The quantitative estimate of drug-likeness (QED) is 0.826. The smallest absolute Gasteiger partial charge is 0.339 e. The third kappa shape index (κ3) is 2.18. The molecule has 0 radical (unpaired) electrons. The van der Waals surface area contributed by atoms with E-state index in [-0.39, 0.29) is 23.8 Å². The molecule has 0 unspecified atom stereocenters. The Hall–Kier alpha value is -2.31. The van der Waals surface area contributed by atoms with Crippen LogP contribution in [0.4, 0.5) is 4.79 Å². The highest BCUT2D eigenvalue weighted by atomic mass is 16.4. The molecule has 1 saturated carbocycles. The molecule has 21 heavy (non-hydrogen) atoms. The average molecular weight is 292 g/mol. The molecule has 3 amide bonds. The van der Waals surface area contributed by atoms with Crippen LogP contribution in [0.1, 0.15) is 48.2 Å². The molecule has 7 nitrogen and oxygen atoms in total. The predicted molar refractivity (Wildman–Crippen MR) is 70.6 cm³/mol. The number of rotatable bonds is 3. The molecule has 0 bridgehead atoms. The molecule has 2 N–H and O–H groups in total. The van der Waals surface area contributed by atoms with Gasteiger partial charge in [0.05, 0.1) is 12.8 Å². The second-order valence-corrected chi connectivity index (χ2v) is 5.53. The van der Waals surface area contributed by atoms with E-state index in [1.54, 1.807) is 0 Å². The first-order valence-electron chi connectivity index (χ1n) is 6.97. The van der Waals surface area contributed by atoms with Gasteiger partial charge in [-0.15, -0.1) is 0 Å². The van der Waals surface area contributed by atoms with Crippen molar-refractivity contribution in [2.24, 2.45) is 0 Å². The number of hydrogen-bond donors (Lipinski definition) is 2. The van der Waals surface area contributed by atoms with Gasteiger partial charge >= 0.3 is 12.0 Å². The van der Waals surface area contributed by atoms with E-state index in [0.717, 1.165) is 24.2 Å². The number of carboxylic acids is 1. The van der Waals surface area contributed by atoms with Crippen LogP contribution in [0.5, 0.6) is 0 Å². The Kier molecular flexibility index (Phi) is 3.19. The fraction of sp³-hybridized carbons (Fsp3) is 0.500. The summed E-state index contributed by atoms with van der Waals surface area (Å²) in [5.74, 6) is -1.31. The lowest BCUT2D eigenvalue weighted by Crippen LogP contribution is -2.48. The summed E-state index contributed by atoms with van der Waals surface area (Å²) in [5.41, 5.74) is -0.828. The number of carbonyl (C=O) groups excluding carboxylic acids is 2. The van der Waals surface area contributed by atoms with E-state index >= 15 is 0 Å². The minimum Gasteiger partial charge on any atom is -0.478 e. The molecule has 1 spiro atoms. The zero-order valence-electron chi connectivity index (χ0n) is 11.4. The first-order valence-corrected chi connectivity index (χ1v) is 6.97. The van der Waals surface area contributed by atoms with Crippen molar-refractivity contribution in [1.29, 1.82) is 0 Å². The van der Waals surface area contributed by atoms with Crippen LogP contribution in [0.15, 0.2) is 16.7 Å². The van der Waals surface area contributed by atoms with Crippen molar-refractivity contribution in [3.63, 3.8) is 0 Å². The first kappa shape index (κ1) is 13.7. The van der Waals surface area contributed by atoms with Crippen LogP contribution >= 0.6 is 0 Å². The number of furan rings is 1. The van der Waals surface area contributed by atoms with Crippen molar-refractivity contribution >= 4 is 17.9 Å². The summed E-state index contributed by atoms with van der Waals surface area (Å²) in [6, 6.07) is 0.835. The maximum absolute atomic E-state index is 12.6. The van der Waals surface area contributed by atoms with Crippen molar-refractivity contribution in [3.8, 4) is 0 Å². The lowest BCUT2D eigenvalue weighted by molar-refractivity contribution is -0.133. The Morgan fingerprint density at radius 3 is 2.71 bits per heavy atom. The van der Waals surface area contributed by atoms with E-state index in [4.69, 9.17) is 9.52 Å². The second kappa shape index (κ2) is 4.91. The van der Waals surface area contributed by atoms with Gasteiger partial charge in [0.15, 0.2) is 0 Å². The van der Waals surface area contributed by atoms with Gasteiger partial charge in [-0.1, -0.05) is 19.3 Å². The van der Waals surface area contributed by atoms with Gasteiger partial charge in [0.1, 0.15) is 16.9 Å². The van der Waals surface area contributed by atoms with E-state index in [2.05, 4.69) is 5.32 Å². The van der Waals surface area contributed by atoms with Crippen LogP contribution in [0.2, 0.25) is 0 Å². The monoisotopic (exact) mass is 292 g/mol. The van der Waals surface area contributed by atoms with Crippen LogP contribution in [0.25, 0.3) is 0 Å². The molecule has 0 atom stereocenters. The molecular weight excluding hydrogens is 276 g/mol. The fourth-order valence-corrected chi connectivity index (χ4v) is 3.11. The van der Waals surface area contributed by atoms with E-state index in [9.17, 15) is 14.4 Å². The summed E-state index contributed by atoms with van der Waals surface area (Å²) < 4.78 is 5.11. The van der Waals surface area contributed by atoms with Gasteiger partial charge in [-0.3, -0.25) is 9.69 Å². The summed E-state index contributed by atoms with van der Waals surface area (Å²) in [6.07, 6.45) is 5.39. The number of carbonyl (C=O) groups is 3. The van der Waals surface area contributed by atoms with Crippen molar-refractivity contribution in [3.05, 3.63) is 23.7 Å². The number of nitrogens with zero attached hydrogens (tertiary/aromatic N) is 1. The molecule has 2 aliphatic rings. The van der Waals surface area contributed by atoms with Crippen molar-refractivity contribution in [2.75, 3.05) is 0 Å². The van der Waals surface area contributed by atoms with Crippen molar-refractivity contribution < 1.29 is 23.9 Å². The lowest BCUT2D eigenvalue weighted by Gasteiger charge is -2.30. The third-order valence-corrected chi connectivity index (χ3v) is 4.23. The van der Waals surface area contributed by atoms with Gasteiger partial charge in [-0.2, -0.15) is 0 Å². The fourth-order valence-electron chi connectivity index (χ4n) is 3.11. The number of imide groups is 1. The van der Waals surface area contributed by atoms with Gasteiger partial charge in [0, 0.05) is 0 Å². The highest BCUT2D eigenvalue weighted by Crippen LogP contribution is 2.34. The molecule has 0 aromatic carbocycles. The highest BCUT2D eigenvalue weighted by molar-refractivity contribution is 6.07. The molecule has 2 heterocycles. The highest BCUT2D eigenvalue weighted by Gasteiger charge is 2.51. The Morgan fingerprint density at radius 1 is 1.33 bits per heavy atom. The van der Waals surface area contributed by atoms with Gasteiger partial charge < -0.3 is 14.8 Å². The molecule has 1 aliphatic carbocycles. The molecule has 1 aromatic rings. The molecule has 1 aliphatic heterocycles. The molecule has 3 rings (SSSR count). The molecule has 1 aromatic heterocycles. The minimum absolute atomic E-state index is 0.0276. The predicted octanol–water partition coefficient (Wildman–Crippen LogP) is 1.73. The number of nitrogens with one attached hydrogen (secondary N) is 1. The standard InChI is InChI=1S/C14H16N2O5/c17-11(18)9-4-7-21-10(9)8-16-12(19)14(15-13(16)20)5-2-1-3-6-14/h4,7H,1-3,5-6,8H2,(H,15,20)(H,17,18). The van der Waals surface area contributed by atoms with Crippen molar-refractivity contribution in [2.45, 2.75) is 44.2 Å². The summed E-state index contributed by atoms with van der Waals surface area (Å²) in [4.78, 5) is 36.7. The number of urea groups is 1. The number of hydrogen-bond acceptors (Lipinski definition) is 4. The van der Waals surface area contributed by atoms with Gasteiger partial charge in [-0.05, 0) is 18.9 Å². The topological polar surface area (TPSA) is 99.8 Å². The zero-order chi connectivity index (χ0) is 15.0.